The minimum Gasteiger partial charge on any atom is -0.423 e. The van der Waals surface area contributed by atoms with Gasteiger partial charge in [0.05, 0.1) is 10.7 Å². The van der Waals surface area contributed by atoms with Gasteiger partial charge < -0.3 is 15.0 Å². The van der Waals surface area contributed by atoms with Crippen molar-refractivity contribution in [2.45, 2.75) is 33.1 Å². The number of amides is 1. The first-order valence-corrected chi connectivity index (χ1v) is 13.9. The molecule has 0 aliphatic carbocycles. The molecule has 1 aliphatic heterocycles. The number of anilines is 2. The zero-order valence-corrected chi connectivity index (χ0v) is 23.3. The Morgan fingerprint density at radius 2 is 1.60 bits per heavy atom. The third-order valence-electron chi connectivity index (χ3n) is 7.02. The summed E-state index contributed by atoms with van der Waals surface area (Å²) in [4.78, 5) is 37.2. The van der Waals surface area contributed by atoms with E-state index in [9.17, 15) is 9.59 Å². The number of aromatic nitrogens is 2. The van der Waals surface area contributed by atoms with E-state index in [-0.39, 0.29) is 22.9 Å². The number of ether oxygens (including phenoxy) is 1. The molecule has 0 unspecified atom stereocenters. The summed E-state index contributed by atoms with van der Waals surface area (Å²) >= 11 is 6.30. The minimum atomic E-state index is -0.452. The maximum absolute atomic E-state index is 13.5. The van der Waals surface area contributed by atoms with Crippen molar-refractivity contribution in [3.63, 3.8) is 0 Å². The third kappa shape index (κ3) is 6.32. The van der Waals surface area contributed by atoms with Crippen LogP contribution in [0.2, 0.25) is 5.02 Å². The summed E-state index contributed by atoms with van der Waals surface area (Å²) < 4.78 is 5.41. The molecule has 1 saturated heterocycles. The Bertz CT molecular complexity index is 1500. The van der Waals surface area contributed by atoms with Crippen LogP contribution < -0.4 is 15.0 Å². The predicted octanol–water partition coefficient (Wildman–Crippen LogP) is 7.27. The van der Waals surface area contributed by atoms with Crippen molar-refractivity contribution in [3.8, 4) is 28.3 Å². The van der Waals surface area contributed by atoms with E-state index in [0.29, 0.717) is 23.2 Å². The van der Waals surface area contributed by atoms with Gasteiger partial charge in [-0.15, -0.1) is 0 Å². The van der Waals surface area contributed by atoms with Crippen molar-refractivity contribution in [1.29, 1.82) is 0 Å². The SMILES string of the molecule is CCC(=O)Oc1c(Cl)cccc1NC(=O)c1cc(N2CCC(C)CC2)nc(-c2ccc(-c3ccccc3)cc2)n1. The molecule has 2 heterocycles. The van der Waals surface area contributed by atoms with Crippen LogP contribution in [0.25, 0.3) is 22.5 Å². The van der Waals surface area contributed by atoms with Crippen molar-refractivity contribution < 1.29 is 14.3 Å². The number of nitrogens with zero attached hydrogens (tertiary/aromatic N) is 3. The summed E-state index contributed by atoms with van der Waals surface area (Å²) in [6.07, 6.45) is 2.29. The zero-order chi connectivity index (χ0) is 28.1. The van der Waals surface area contributed by atoms with E-state index in [2.05, 4.69) is 34.3 Å². The van der Waals surface area contributed by atoms with Gasteiger partial charge in [-0.2, -0.15) is 0 Å². The van der Waals surface area contributed by atoms with Crippen LogP contribution in [0.5, 0.6) is 5.75 Å². The van der Waals surface area contributed by atoms with Crippen LogP contribution in [0, 0.1) is 5.92 Å². The molecular weight excluding hydrogens is 524 g/mol. The zero-order valence-electron chi connectivity index (χ0n) is 22.6. The van der Waals surface area contributed by atoms with E-state index in [1.807, 2.05) is 42.5 Å². The standard InChI is InChI=1S/C32H31ClN4O3/c1-3-29(38)40-30-25(33)10-7-11-26(30)35-32(39)27-20-28(37-18-16-21(2)17-19-37)36-31(34-27)24-14-12-23(13-15-24)22-8-5-4-6-9-22/h4-15,20-21H,3,16-19H2,1-2H3,(H,35,39). The Balaban J connectivity index is 1.49. The summed E-state index contributed by atoms with van der Waals surface area (Å²) in [5.74, 6) is 1.03. The van der Waals surface area contributed by atoms with Crippen LogP contribution in [-0.4, -0.2) is 34.9 Å². The second-order valence-electron chi connectivity index (χ2n) is 9.95. The highest BCUT2D eigenvalue weighted by Gasteiger charge is 2.22. The maximum atomic E-state index is 13.5. The molecule has 7 nitrogen and oxygen atoms in total. The fourth-order valence-electron chi connectivity index (χ4n) is 4.61. The lowest BCUT2D eigenvalue weighted by Crippen LogP contribution is -2.33. The van der Waals surface area contributed by atoms with Gasteiger partial charge in [0.1, 0.15) is 11.5 Å². The van der Waals surface area contributed by atoms with Gasteiger partial charge in [0.2, 0.25) is 0 Å². The quantitative estimate of drug-likeness (QED) is 0.191. The first-order valence-electron chi connectivity index (χ1n) is 13.5. The maximum Gasteiger partial charge on any atom is 0.311 e. The fourth-order valence-corrected chi connectivity index (χ4v) is 4.82. The topological polar surface area (TPSA) is 84.4 Å². The molecule has 5 rings (SSSR count). The Kier molecular flexibility index (Phi) is 8.41. The second-order valence-corrected chi connectivity index (χ2v) is 10.4. The number of hydrogen-bond acceptors (Lipinski definition) is 6. The number of benzene rings is 3. The van der Waals surface area contributed by atoms with Gasteiger partial charge in [-0.05, 0) is 42.0 Å². The number of carbonyl (C=O) groups excluding carboxylic acids is 2. The molecule has 0 atom stereocenters. The summed E-state index contributed by atoms with van der Waals surface area (Å²) in [7, 11) is 0. The van der Waals surface area contributed by atoms with Crippen LogP contribution in [0.4, 0.5) is 11.5 Å². The molecule has 204 valence electrons. The number of carbonyl (C=O) groups is 2. The monoisotopic (exact) mass is 554 g/mol. The van der Waals surface area contributed by atoms with Crippen molar-refractivity contribution >= 4 is 35.0 Å². The number of nitrogens with one attached hydrogen (secondary N) is 1. The van der Waals surface area contributed by atoms with Gasteiger partial charge in [0, 0.05) is 31.1 Å². The summed E-state index contributed by atoms with van der Waals surface area (Å²) in [5.41, 5.74) is 3.51. The Morgan fingerprint density at radius 3 is 2.30 bits per heavy atom. The average Bonchev–Trinajstić information content (AvgIpc) is 2.99. The summed E-state index contributed by atoms with van der Waals surface area (Å²) in [5, 5.41) is 3.06. The molecule has 0 spiro atoms. The number of rotatable bonds is 7. The average molecular weight is 555 g/mol. The highest BCUT2D eigenvalue weighted by atomic mass is 35.5. The molecule has 40 heavy (non-hydrogen) atoms. The van der Waals surface area contributed by atoms with Crippen molar-refractivity contribution in [3.05, 3.63) is 89.6 Å². The second kappa shape index (κ2) is 12.3. The minimum absolute atomic E-state index is 0.111. The van der Waals surface area contributed by atoms with Crippen LogP contribution in [0.3, 0.4) is 0 Å². The molecule has 4 aromatic rings. The van der Waals surface area contributed by atoms with E-state index < -0.39 is 11.9 Å². The van der Waals surface area contributed by atoms with Crippen molar-refractivity contribution in [1.82, 2.24) is 9.97 Å². The fraction of sp³-hybridized carbons (Fsp3) is 0.250. The molecule has 3 aromatic carbocycles. The molecule has 8 heteroatoms. The highest BCUT2D eigenvalue weighted by molar-refractivity contribution is 6.32. The summed E-state index contributed by atoms with van der Waals surface area (Å²) in [6, 6.07) is 24.8. The van der Waals surface area contributed by atoms with E-state index in [1.54, 1.807) is 31.2 Å². The lowest BCUT2D eigenvalue weighted by atomic mass is 9.99. The van der Waals surface area contributed by atoms with Gasteiger partial charge >= 0.3 is 5.97 Å². The lowest BCUT2D eigenvalue weighted by molar-refractivity contribution is -0.133. The molecule has 1 amide bonds. The highest BCUT2D eigenvalue weighted by Crippen LogP contribution is 2.34. The molecule has 0 saturated carbocycles. The van der Waals surface area contributed by atoms with Gasteiger partial charge in [-0.1, -0.05) is 86.1 Å². The number of esters is 1. The van der Waals surface area contributed by atoms with Crippen LogP contribution in [0.1, 0.15) is 43.6 Å². The third-order valence-corrected chi connectivity index (χ3v) is 7.32. The first kappa shape index (κ1) is 27.3. The lowest BCUT2D eigenvalue weighted by Gasteiger charge is -2.31. The molecule has 1 aliphatic rings. The number of piperidine rings is 1. The normalized spacial score (nSPS) is 13.6. The predicted molar refractivity (Wildman–Crippen MR) is 159 cm³/mol. The molecule has 1 N–H and O–H groups in total. The van der Waals surface area contributed by atoms with Crippen molar-refractivity contribution in [2.75, 3.05) is 23.3 Å². The molecule has 1 fully saturated rings. The molecular formula is C32H31ClN4O3. The van der Waals surface area contributed by atoms with E-state index in [4.69, 9.17) is 21.3 Å². The van der Waals surface area contributed by atoms with Gasteiger partial charge in [0.25, 0.3) is 5.91 Å². The van der Waals surface area contributed by atoms with E-state index >= 15 is 0 Å². The largest absolute Gasteiger partial charge is 0.423 e. The summed E-state index contributed by atoms with van der Waals surface area (Å²) in [6.45, 7) is 5.66. The van der Waals surface area contributed by atoms with Crippen LogP contribution >= 0.6 is 11.6 Å². The van der Waals surface area contributed by atoms with E-state index in [0.717, 1.165) is 42.6 Å². The van der Waals surface area contributed by atoms with Crippen molar-refractivity contribution in [2.24, 2.45) is 5.92 Å². The van der Waals surface area contributed by atoms with Crippen LogP contribution in [-0.2, 0) is 4.79 Å². The Labute approximate surface area is 239 Å². The van der Waals surface area contributed by atoms with Crippen LogP contribution in [0.15, 0.2) is 78.9 Å². The van der Waals surface area contributed by atoms with Gasteiger partial charge in [-0.3, -0.25) is 9.59 Å². The Morgan fingerprint density at radius 1 is 0.925 bits per heavy atom. The molecule has 0 bridgehead atoms. The first-order chi connectivity index (χ1) is 19.4. The number of halogens is 1. The Hall–Kier alpha value is -4.23. The number of para-hydroxylation sites is 1. The molecule has 1 aromatic heterocycles. The smallest absolute Gasteiger partial charge is 0.311 e. The number of hydrogen-bond donors (Lipinski definition) is 1. The molecule has 0 radical (unpaired) electrons. The van der Waals surface area contributed by atoms with Gasteiger partial charge in [0.15, 0.2) is 11.6 Å². The van der Waals surface area contributed by atoms with Gasteiger partial charge in [-0.25, -0.2) is 9.97 Å². The van der Waals surface area contributed by atoms with E-state index in [1.165, 1.54) is 0 Å².